The van der Waals surface area contributed by atoms with Crippen LogP contribution in [0.3, 0.4) is 0 Å². The molecular formula is C21H26N2O4S. The Labute approximate surface area is 169 Å². The molecule has 1 aromatic heterocycles. The zero-order valence-corrected chi connectivity index (χ0v) is 17.3. The van der Waals surface area contributed by atoms with E-state index in [-0.39, 0.29) is 17.7 Å². The summed E-state index contributed by atoms with van der Waals surface area (Å²) >= 11 is 1.29. The van der Waals surface area contributed by atoms with Crippen LogP contribution in [0, 0.1) is 12.8 Å². The number of amides is 2. The molecule has 0 aliphatic carbocycles. The molecule has 0 spiro atoms. The topological polar surface area (TPSA) is 84.5 Å². The van der Waals surface area contributed by atoms with Gasteiger partial charge in [-0.3, -0.25) is 9.59 Å². The first-order valence-electron chi connectivity index (χ1n) is 9.16. The Bertz CT molecular complexity index is 800. The molecule has 0 radical (unpaired) electrons. The quantitative estimate of drug-likeness (QED) is 0.665. The highest BCUT2D eigenvalue weighted by Crippen LogP contribution is 2.12. The van der Waals surface area contributed by atoms with Crippen molar-refractivity contribution in [3.8, 4) is 0 Å². The zero-order chi connectivity index (χ0) is 20.7. The number of esters is 1. The first kappa shape index (κ1) is 21.6. The summed E-state index contributed by atoms with van der Waals surface area (Å²) in [7, 11) is 0. The average Bonchev–Trinajstić information content (AvgIpc) is 3.19. The van der Waals surface area contributed by atoms with E-state index in [1.54, 1.807) is 17.5 Å². The minimum absolute atomic E-state index is 0.181. The predicted octanol–water partition coefficient (Wildman–Crippen LogP) is 3.06. The Morgan fingerprint density at radius 1 is 1.07 bits per heavy atom. The van der Waals surface area contributed by atoms with Crippen LogP contribution in [-0.2, 0) is 20.9 Å². The molecule has 7 heteroatoms. The van der Waals surface area contributed by atoms with Crippen LogP contribution in [0.15, 0.2) is 41.8 Å². The second-order valence-electron chi connectivity index (χ2n) is 6.95. The molecule has 1 heterocycles. The second kappa shape index (κ2) is 10.0. The van der Waals surface area contributed by atoms with Gasteiger partial charge in [0.2, 0.25) is 0 Å². The van der Waals surface area contributed by atoms with Crippen LogP contribution in [0.2, 0.25) is 0 Å². The first-order valence-corrected chi connectivity index (χ1v) is 10.0. The van der Waals surface area contributed by atoms with Crippen molar-refractivity contribution in [2.24, 2.45) is 5.92 Å². The largest absolute Gasteiger partial charge is 0.451 e. The molecule has 0 aliphatic heterocycles. The van der Waals surface area contributed by atoms with E-state index in [9.17, 15) is 14.4 Å². The summed E-state index contributed by atoms with van der Waals surface area (Å²) < 4.78 is 5.30. The van der Waals surface area contributed by atoms with Crippen LogP contribution in [0.4, 0.5) is 0 Å². The third kappa shape index (κ3) is 6.20. The summed E-state index contributed by atoms with van der Waals surface area (Å²) in [5, 5.41) is 7.23. The fourth-order valence-corrected chi connectivity index (χ4v) is 3.08. The molecular weight excluding hydrogens is 376 g/mol. The van der Waals surface area contributed by atoms with Gasteiger partial charge in [-0.25, -0.2) is 4.79 Å². The highest BCUT2D eigenvalue weighted by Gasteiger charge is 2.29. The van der Waals surface area contributed by atoms with Crippen LogP contribution in [0.5, 0.6) is 0 Å². The number of hydrogen-bond donors (Lipinski definition) is 2. The van der Waals surface area contributed by atoms with Gasteiger partial charge < -0.3 is 15.4 Å². The molecule has 2 amide bonds. The lowest BCUT2D eigenvalue weighted by molar-refractivity contribution is -0.157. The normalized spacial score (nSPS) is 12.9. The van der Waals surface area contributed by atoms with Gasteiger partial charge in [0.05, 0.1) is 4.88 Å². The van der Waals surface area contributed by atoms with Crippen molar-refractivity contribution in [3.63, 3.8) is 0 Å². The lowest BCUT2D eigenvalue weighted by Gasteiger charge is -2.22. The summed E-state index contributed by atoms with van der Waals surface area (Å²) in [6.45, 7) is 7.47. The van der Waals surface area contributed by atoms with Crippen LogP contribution < -0.4 is 10.6 Å². The number of carbonyl (C=O) groups excluding carboxylic acids is 3. The van der Waals surface area contributed by atoms with Gasteiger partial charge in [0.25, 0.3) is 11.8 Å². The van der Waals surface area contributed by atoms with E-state index in [1.165, 1.54) is 18.3 Å². The molecule has 0 unspecified atom stereocenters. The Balaban J connectivity index is 1.89. The highest BCUT2D eigenvalue weighted by molar-refractivity contribution is 7.12. The molecule has 6 nitrogen and oxygen atoms in total. The van der Waals surface area contributed by atoms with E-state index in [0.29, 0.717) is 11.4 Å². The Morgan fingerprint density at radius 2 is 1.75 bits per heavy atom. The molecule has 2 rings (SSSR count). The van der Waals surface area contributed by atoms with Crippen molar-refractivity contribution in [2.45, 2.75) is 46.4 Å². The summed E-state index contributed by atoms with van der Waals surface area (Å²) in [5.74, 6) is -1.53. The number of hydrogen-bond acceptors (Lipinski definition) is 5. The molecule has 0 saturated heterocycles. The van der Waals surface area contributed by atoms with Crippen molar-refractivity contribution in [1.82, 2.24) is 10.6 Å². The molecule has 2 atom stereocenters. The van der Waals surface area contributed by atoms with E-state index in [2.05, 4.69) is 10.6 Å². The minimum Gasteiger partial charge on any atom is -0.451 e. The Morgan fingerprint density at radius 3 is 2.32 bits per heavy atom. The maximum atomic E-state index is 12.5. The molecule has 0 fully saturated rings. The van der Waals surface area contributed by atoms with Gasteiger partial charge in [0, 0.05) is 6.54 Å². The number of nitrogens with one attached hydrogen (secondary N) is 2. The number of aryl methyl sites for hydroxylation is 1. The third-order valence-corrected chi connectivity index (χ3v) is 5.07. The van der Waals surface area contributed by atoms with Gasteiger partial charge in [-0.05, 0) is 36.8 Å². The second-order valence-corrected chi connectivity index (χ2v) is 7.90. The van der Waals surface area contributed by atoms with Crippen molar-refractivity contribution in [1.29, 1.82) is 0 Å². The molecule has 1 aromatic carbocycles. The number of thiophene rings is 1. The number of benzene rings is 1. The van der Waals surface area contributed by atoms with Gasteiger partial charge in [0.15, 0.2) is 6.10 Å². The van der Waals surface area contributed by atoms with Gasteiger partial charge in [-0.1, -0.05) is 49.7 Å². The molecule has 0 saturated carbocycles. The maximum Gasteiger partial charge on any atom is 0.329 e. The summed E-state index contributed by atoms with van der Waals surface area (Å²) in [5.41, 5.74) is 2.10. The van der Waals surface area contributed by atoms with Crippen LogP contribution in [0.25, 0.3) is 0 Å². The minimum atomic E-state index is -0.960. The number of ether oxygens (including phenoxy) is 1. The lowest BCUT2D eigenvalue weighted by atomic mass is 10.0. The van der Waals surface area contributed by atoms with Gasteiger partial charge in [-0.15, -0.1) is 11.3 Å². The standard InChI is InChI=1S/C21H26N2O4S/c1-13(2)18(23-20(25)17-6-5-11-28-17)21(26)27-15(4)19(24)22-12-16-9-7-14(3)8-10-16/h5-11,13,15,18H,12H2,1-4H3,(H,22,24)(H,23,25)/t15-,18-/m1/s1. The monoisotopic (exact) mass is 402 g/mol. The van der Waals surface area contributed by atoms with Gasteiger partial charge in [-0.2, -0.15) is 0 Å². The van der Waals surface area contributed by atoms with E-state index in [0.717, 1.165) is 11.1 Å². The van der Waals surface area contributed by atoms with Gasteiger partial charge in [0.1, 0.15) is 6.04 Å². The van der Waals surface area contributed by atoms with E-state index in [4.69, 9.17) is 4.74 Å². The summed E-state index contributed by atoms with van der Waals surface area (Å²) in [6.07, 6.45) is -0.960. The fourth-order valence-electron chi connectivity index (χ4n) is 2.46. The Kier molecular flexibility index (Phi) is 7.75. The van der Waals surface area contributed by atoms with E-state index in [1.807, 2.05) is 45.0 Å². The smallest absolute Gasteiger partial charge is 0.329 e. The molecule has 0 aliphatic rings. The molecule has 2 aromatic rings. The van der Waals surface area contributed by atoms with Crippen LogP contribution in [0.1, 0.15) is 41.6 Å². The summed E-state index contributed by atoms with van der Waals surface area (Å²) in [4.78, 5) is 37.5. The fraction of sp³-hybridized carbons (Fsp3) is 0.381. The average molecular weight is 403 g/mol. The van der Waals surface area contributed by atoms with Crippen LogP contribution in [-0.4, -0.2) is 29.9 Å². The van der Waals surface area contributed by atoms with Gasteiger partial charge >= 0.3 is 5.97 Å². The first-order chi connectivity index (χ1) is 13.3. The summed E-state index contributed by atoms with van der Waals surface area (Å²) in [6, 6.07) is 10.4. The third-order valence-electron chi connectivity index (χ3n) is 4.20. The SMILES string of the molecule is Cc1ccc(CNC(=O)[C@@H](C)OC(=O)[C@H](NC(=O)c2cccs2)C(C)C)cc1. The van der Waals surface area contributed by atoms with Crippen LogP contribution >= 0.6 is 11.3 Å². The molecule has 28 heavy (non-hydrogen) atoms. The van der Waals surface area contributed by atoms with Crippen molar-refractivity contribution in [2.75, 3.05) is 0 Å². The Hall–Kier alpha value is -2.67. The predicted molar refractivity (Wildman–Crippen MR) is 109 cm³/mol. The molecule has 0 bridgehead atoms. The van der Waals surface area contributed by atoms with E-state index >= 15 is 0 Å². The van der Waals surface area contributed by atoms with Crippen molar-refractivity contribution >= 4 is 29.1 Å². The lowest BCUT2D eigenvalue weighted by Crippen LogP contribution is -2.47. The number of rotatable bonds is 8. The zero-order valence-electron chi connectivity index (χ0n) is 16.5. The number of carbonyl (C=O) groups is 3. The maximum absolute atomic E-state index is 12.5. The molecule has 150 valence electrons. The van der Waals surface area contributed by atoms with E-state index < -0.39 is 18.1 Å². The van der Waals surface area contributed by atoms with Crippen molar-refractivity contribution < 1.29 is 19.1 Å². The highest BCUT2D eigenvalue weighted by atomic mass is 32.1. The molecule has 2 N–H and O–H groups in total. The van der Waals surface area contributed by atoms with Crippen molar-refractivity contribution in [3.05, 3.63) is 57.8 Å².